The molecule has 2 aromatic heterocycles. The van der Waals surface area contributed by atoms with Crippen molar-refractivity contribution in [1.82, 2.24) is 25.1 Å². The molecule has 0 amide bonds. The van der Waals surface area contributed by atoms with Crippen molar-refractivity contribution in [3.05, 3.63) is 28.2 Å². The Bertz CT molecular complexity index is 543. The molecule has 3 heterocycles. The SMILES string of the molecule is CC(C)(NCc1nnc2n1CCCC2)c1nccs1. The van der Waals surface area contributed by atoms with Gasteiger partial charge in [-0.05, 0) is 26.7 Å². The number of aromatic nitrogens is 4. The maximum atomic E-state index is 4.39. The first-order chi connectivity index (χ1) is 9.17. The number of hydrogen-bond acceptors (Lipinski definition) is 5. The molecule has 0 unspecified atom stereocenters. The first kappa shape index (κ1) is 12.7. The van der Waals surface area contributed by atoms with Crippen LogP contribution in [0, 0.1) is 0 Å². The number of hydrogen-bond donors (Lipinski definition) is 1. The second kappa shape index (κ2) is 5.02. The number of rotatable bonds is 4. The molecule has 19 heavy (non-hydrogen) atoms. The maximum absolute atomic E-state index is 4.39. The van der Waals surface area contributed by atoms with Gasteiger partial charge in [-0.3, -0.25) is 5.32 Å². The molecule has 3 rings (SSSR count). The van der Waals surface area contributed by atoms with Crippen molar-refractivity contribution in [1.29, 1.82) is 0 Å². The van der Waals surface area contributed by atoms with Crippen LogP contribution in [0.1, 0.15) is 43.3 Å². The minimum Gasteiger partial charge on any atom is -0.314 e. The molecule has 0 atom stereocenters. The van der Waals surface area contributed by atoms with E-state index in [1.165, 1.54) is 12.8 Å². The van der Waals surface area contributed by atoms with Gasteiger partial charge >= 0.3 is 0 Å². The van der Waals surface area contributed by atoms with Gasteiger partial charge in [-0.1, -0.05) is 0 Å². The molecular formula is C13H19N5S. The normalized spacial score (nSPS) is 15.5. The van der Waals surface area contributed by atoms with Crippen molar-refractivity contribution in [2.75, 3.05) is 0 Å². The molecule has 5 nitrogen and oxygen atoms in total. The van der Waals surface area contributed by atoms with Crippen LogP contribution in [0.25, 0.3) is 0 Å². The third kappa shape index (κ3) is 2.55. The number of fused-ring (bicyclic) bond motifs is 1. The van der Waals surface area contributed by atoms with Crippen LogP contribution in [0.15, 0.2) is 11.6 Å². The molecule has 0 aromatic carbocycles. The molecule has 102 valence electrons. The highest BCUT2D eigenvalue weighted by molar-refractivity contribution is 7.09. The average Bonchev–Trinajstić information content (AvgIpc) is 3.07. The van der Waals surface area contributed by atoms with Crippen LogP contribution in [-0.2, 0) is 25.0 Å². The molecule has 0 bridgehead atoms. The smallest absolute Gasteiger partial charge is 0.147 e. The molecule has 0 saturated heterocycles. The summed E-state index contributed by atoms with van der Waals surface area (Å²) < 4.78 is 2.26. The summed E-state index contributed by atoms with van der Waals surface area (Å²) in [6, 6.07) is 0. The van der Waals surface area contributed by atoms with Gasteiger partial charge < -0.3 is 4.57 Å². The Balaban J connectivity index is 1.71. The van der Waals surface area contributed by atoms with Crippen LogP contribution in [0.3, 0.4) is 0 Å². The van der Waals surface area contributed by atoms with E-state index in [0.717, 1.165) is 36.2 Å². The van der Waals surface area contributed by atoms with Crippen LogP contribution in [-0.4, -0.2) is 19.7 Å². The lowest BCUT2D eigenvalue weighted by Crippen LogP contribution is -2.36. The molecule has 0 fully saturated rings. The molecule has 1 aliphatic rings. The first-order valence-corrected chi connectivity index (χ1v) is 7.61. The number of nitrogens with one attached hydrogen (secondary N) is 1. The van der Waals surface area contributed by atoms with Gasteiger partial charge in [-0.2, -0.15) is 0 Å². The molecule has 0 saturated carbocycles. The molecular weight excluding hydrogens is 258 g/mol. The summed E-state index contributed by atoms with van der Waals surface area (Å²) in [4.78, 5) is 4.39. The van der Waals surface area contributed by atoms with Crippen LogP contribution in [0.4, 0.5) is 0 Å². The summed E-state index contributed by atoms with van der Waals surface area (Å²) in [5, 5.41) is 15.2. The van der Waals surface area contributed by atoms with Crippen LogP contribution in [0.2, 0.25) is 0 Å². The summed E-state index contributed by atoms with van der Waals surface area (Å²) in [6.45, 7) is 6.09. The first-order valence-electron chi connectivity index (χ1n) is 6.73. The van der Waals surface area contributed by atoms with Gasteiger partial charge in [0.05, 0.1) is 12.1 Å². The Kier molecular flexibility index (Phi) is 3.36. The summed E-state index contributed by atoms with van der Waals surface area (Å²) in [5.41, 5.74) is -0.130. The largest absolute Gasteiger partial charge is 0.314 e. The van der Waals surface area contributed by atoms with E-state index in [0.29, 0.717) is 0 Å². The lowest BCUT2D eigenvalue weighted by atomic mass is 10.1. The van der Waals surface area contributed by atoms with E-state index in [1.807, 2.05) is 11.6 Å². The van der Waals surface area contributed by atoms with Gasteiger partial charge in [0.2, 0.25) is 0 Å². The van der Waals surface area contributed by atoms with Crippen molar-refractivity contribution in [3.63, 3.8) is 0 Å². The Morgan fingerprint density at radius 1 is 1.37 bits per heavy atom. The number of aryl methyl sites for hydroxylation is 1. The Hall–Kier alpha value is -1.27. The summed E-state index contributed by atoms with van der Waals surface area (Å²) >= 11 is 1.68. The van der Waals surface area contributed by atoms with E-state index in [2.05, 4.69) is 38.9 Å². The van der Waals surface area contributed by atoms with Gasteiger partial charge in [0.25, 0.3) is 0 Å². The van der Waals surface area contributed by atoms with Gasteiger partial charge in [-0.15, -0.1) is 21.5 Å². The fourth-order valence-electron chi connectivity index (χ4n) is 2.41. The van der Waals surface area contributed by atoms with Crippen molar-refractivity contribution in [2.45, 2.75) is 51.7 Å². The highest BCUT2D eigenvalue weighted by Gasteiger charge is 2.24. The van der Waals surface area contributed by atoms with E-state index in [1.54, 1.807) is 11.3 Å². The zero-order valence-corrected chi connectivity index (χ0v) is 12.2. The summed E-state index contributed by atoms with van der Waals surface area (Å²) in [5.74, 6) is 2.18. The molecule has 1 N–H and O–H groups in total. The number of nitrogens with zero attached hydrogens (tertiary/aromatic N) is 4. The lowest BCUT2D eigenvalue weighted by molar-refractivity contribution is 0.384. The second-order valence-corrected chi connectivity index (χ2v) is 6.35. The molecule has 0 radical (unpaired) electrons. The predicted octanol–water partition coefficient (Wildman–Crippen LogP) is 2.10. The summed E-state index contributed by atoms with van der Waals surface area (Å²) in [7, 11) is 0. The zero-order valence-electron chi connectivity index (χ0n) is 11.4. The van der Waals surface area contributed by atoms with Crippen molar-refractivity contribution in [2.24, 2.45) is 0 Å². The quantitative estimate of drug-likeness (QED) is 0.930. The van der Waals surface area contributed by atoms with Gasteiger partial charge in [0, 0.05) is 24.5 Å². The molecule has 0 aliphatic carbocycles. The summed E-state index contributed by atoms with van der Waals surface area (Å²) in [6.07, 6.45) is 5.37. The molecule has 1 aliphatic heterocycles. The molecule has 0 spiro atoms. The monoisotopic (exact) mass is 277 g/mol. The highest BCUT2D eigenvalue weighted by atomic mass is 32.1. The van der Waals surface area contributed by atoms with E-state index in [4.69, 9.17) is 0 Å². The third-order valence-electron chi connectivity index (χ3n) is 3.59. The fraction of sp³-hybridized carbons (Fsp3) is 0.615. The number of thiazole rings is 1. The standard InChI is InChI=1S/C13H19N5S/c1-13(2,12-14-6-8-19-12)15-9-11-17-16-10-5-3-4-7-18(10)11/h6,8,15H,3-5,7,9H2,1-2H3. The van der Waals surface area contributed by atoms with E-state index < -0.39 is 0 Å². The van der Waals surface area contributed by atoms with Gasteiger partial charge in [0.15, 0.2) is 0 Å². The predicted molar refractivity (Wildman–Crippen MR) is 74.9 cm³/mol. The second-order valence-electron chi connectivity index (χ2n) is 5.46. The third-order valence-corrected chi connectivity index (χ3v) is 4.69. The van der Waals surface area contributed by atoms with Crippen molar-refractivity contribution in [3.8, 4) is 0 Å². The average molecular weight is 277 g/mol. The van der Waals surface area contributed by atoms with E-state index in [9.17, 15) is 0 Å². The highest BCUT2D eigenvalue weighted by Crippen LogP contribution is 2.22. The molecule has 2 aromatic rings. The topological polar surface area (TPSA) is 55.6 Å². The van der Waals surface area contributed by atoms with Crippen LogP contribution >= 0.6 is 11.3 Å². The van der Waals surface area contributed by atoms with Crippen LogP contribution in [0.5, 0.6) is 0 Å². The van der Waals surface area contributed by atoms with E-state index in [-0.39, 0.29) is 5.54 Å². The Labute approximate surface area is 117 Å². The maximum Gasteiger partial charge on any atom is 0.147 e. The minimum absolute atomic E-state index is 0.130. The van der Waals surface area contributed by atoms with Gasteiger partial charge in [-0.25, -0.2) is 4.98 Å². The Morgan fingerprint density at radius 3 is 3.05 bits per heavy atom. The van der Waals surface area contributed by atoms with E-state index >= 15 is 0 Å². The minimum atomic E-state index is -0.130. The molecule has 6 heteroatoms. The fourth-order valence-corrected chi connectivity index (χ4v) is 3.15. The van der Waals surface area contributed by atoms with Crippen LogP contribution < -0.4 is 5.32 Å². The van der Waals surface area contributed by atoms with Gasteiger partial charge in [0.1, 0.15) is 16.7 Å². The Morgan fingerprint density at radius 2 is 2.26 bits per heavy atom. The van der Waals surface area contributed by atoms with Crippen molar-refractivity contribution >= 4 is 11.3 Å². The zero-order chi connectivity index (χ0) is 13.3. The lowest BCUT2D eigenvalue weighted by Gasteiger charge is -2.24. The van der Waals surface area contributed by atoms with Crippen molar-refractivity contribution < 1.29 is 0 Å².